The summed E-state index contributed by atoms with van der Waals surface area (Å²) in [6.45, 7) is 2.01. The van der Waals surface area contributed by atoms with Gasteiger partial charge in [-0.15, -0.1) is 0 Å². The Morgan fingerprint density at radius 2 is 2.27 bits per heavy atom. The summed E-state index contributed by atoms with van der Waals surface area (Å²) in [6, 6.07) is 7.67. The molecule has 26 heavy (non-hydrogen) atoms. The van der Waals surface area contributed by atoms with E-state index in [9.17, 15) is 4.79 Å². The van der Waals surface area contributed by atoms with Crippen LogP contribution in [0.5, 0.6) is 0 Å². The van der Waals surface area contributed by atoms with Crippen molar-refractivity contribution >= 4 is 22.7 Å². The molecule has 1 fully saturated rings. The van der Waals surface area contributed by atoms with Gasteiger partial charge in [-0.05, 0) is 43.7 Å². The van der Waals surface area contributed by atoms with Crippen molar-refractivity contribution < 1.29 is 9.53 Å². The van der Waals surface area contributed by atoms with E-state index >= 15 is 0 Å². The molecule has 1 aliphatic heterocycles. The zero-order valence-corrected chi connectivity index (χ0v) is 14.6. The highest BCUT2D eigenvalue weighted by Gasteiger charge is 2.15. The standard InChI is InChI=1S/C19H21N5O2/c1-26-19(25)12-4-5-16-14(9-12)15(11-22-16)18-21-8-6-17(24-18)23-13-3-2-7-20-10-13/h4-6,8-9,11,13,20,22H,2-3,7,10H2,1H3,(H,21,23,24)/t13-/m1/s1. The third-order valence-electron chi connectivity index (χ3n) is 4.65. The minimum atomic E-state index is -0.361. The molecule has 3 aromatic rings. The molecule has 0 amide bonds. The third-order valence-corrected chi connectivity index (χ3v) is 4.65. The molecule has 0 radical (unpaired) electrons. The van der Waals surface area contributed by atoms with E-state index in [4.69, 9.17) is 4.74 Å². The maximum absolute atomic E-state index is 11.8. The molecule has 1 saturated heterocycles. The fourth-order valence-electron chi connectivity index (χ4n) is 3.30. The number of anilines is 1. The first kappa shape index (κ1) is 16.5. The molecule has 3 heterocycles. The van der Waals surface area contributed by atoms with Crippen LogP contribution < -0.4 is 10.6 Å². The van der Waals surface area contributed by atoms with Crippen LogP contribution in [-0.2, 0) is 4.74 Å². The lowest BCUT2D eigenvalue weighted by Crippen LogP contribution is -2.38. The molecule has 0 bridgehead atoms. The SMILES string of the molecule is COC(=O)c1ccc2[nH]cc(-c3nccc(N[C@@H]4CCCNC4)n3)c2c1. The zero-order chi connectivity index (χ0) is 17.9. The summed E-state index contributed by atoms with van der Waals surface area (Å²) in [5.41, 5.74) is 2.28. The number of aromatic nitrogens is 3. The number of piperidine rings is 1. The van der Waals surface area contributed by atoms with E-state index in [1.807, 2.05) is 24.4 Å². The Balaban J connectivity index is 1.66. The number of methoxy groups -OCH3 is 1. The van der Waals surface area contributed by atoms with E-state index in [1.54, 1.807) is 12.3 Å². The van der Waals surface area contributed by atoms with E-state index < -0.39 is 0 Å². The largest absolute Gasteiger partial charge is 0.465 e. The van der Waals surface area contributed by atoms with Crippen LogP contribution in [-0.4, -0.2) is 47.2 Å². The van der Waals surface area contributed by atoms with E-state index in [0.29, 0.717) is 17.4 Å². The molecule has 134 valence electrons. The molecule has 0 saturated carbocycles. The minimum Gasteiger partial charge on any atom is -0.465 e. The van der Waals surface area contributed by atoms with E-state index in [1.165, 1.54) is 7.11 Å². The van der Waals surface area contributed by atoms with Gasteiger partial charge in [0.25, 0.3) is 0 Å². The van der Waals surface area contributed by atoms with Crippen LogP contribution in [0.1, 0.15) is 23.2 Å². The zero-order valence-electron chi connectivity index (χ0n) is 14.6. The summed E-state index contributed by atoms with van der Waals surface area (Å²) >= 11 is 0. The minimum absolute atomic E-state index is 0.361. The molecular formula is C19H21N5O2. The van der Waals surface area contributed by atoms with Crippen LogP contribution in [0, 0.1) is 0 Å². The number of rotatable bonds is 4. The number of hydrogen-bond acceptors (Lipinski definition) is 6. The number of ether oxygens (including phenoxy) is 1. The Labute approximate surface area is 151 Å². The smallest absolute Gasteiger partial charge is 0.337 e. The van der Waals surface area contributed by atoms with Crippen molar-refractivity contribution in [3.63, 3.8) is 0 Å². The number of carbonyl (C=O) groups is 1. The Kier molecular flexibility index (Phi) is 4.53. The van der Waals surface area contributed by atoms with Gasteiger partial charge in [-0.25, -0.2) is 14.8 Å². The number of esters is 1. The Bertz CT molecular complexity index is 931. The van der Waals surface area contributed by atoms with Gasteiger partial charge in [-0.3, -0.25) is 0 Å². The molecule has 0 unspecified atom stereocenters. The molecule has 3 N–H and O–H groups in total. The lowest BCUT2D eigenvalue weighted by molar-refractivity contribution is 0.0601. The van der Waals surface area contributed by atoms with Gasteiger partial charge in [0.1, 0.15) is 5.82 Å². The maximum Gasteiger partial charge on any atom is 0.337 e. The number of hydrogen-bond donors (Lipinski definition) is 3. The second-order valence-electron chi connectivity index (χ2n) is 6.41. The molecule has 0 spiro atoms. The number of nitrogens with zero attached hydrogens (tertiary/aromatic N) is 2. The predicted molar refractivity (Wildman–Crippen MR) is 100 cm³/mol. The van der Waals surface area contributed by atoms with Crippen molar-refractivity contribution in [2.75, 3.05) is 25.5 Å². The lowest BCUT2D eigenvalue weighted by atomic mass is 10.1. The van der Waals surface area contributed by atoms with E-state index in [-0.39, 0.29) is 5.97 Å². The van der Waals surface area contributed by atoms with Gasteiger partial charge in [-0.2, -0.15) is 0 Å². The molecule has 1 atom stereocenters. The molecule has 1 aromatic carbocycles. The molecule has 7 heteroatoms. The molecule has 2 aromatic heterocycles. The first-order valence-corrected chi connectivity index (χ1v) is 8.75. The molecule has 1 aliphatic rings. The first-order chi connectivity index (χ1) is 12.7. The summed E-state index contributed by atoms with van der Waals surface area (Å²) in [5, 5.41) is 7.75. The van der Waals surface area contributed by atoms with Crippen molar-refractivity contribution in [3.8, 4) is 11.4 Å². The van der Waals surface area contributed by atoms with Crippen LogP contribution >= 0.6 is 0 Å². The van der Waals surface area contributed by atoms with Gasteiger partial charge in [-0.1, -0.05) is 0 Å². The van der Waals surface area contributed by atoms with Crippen molar-refractivity contribution in [1.29, 1.82) is 0 Å². The van der Waals surface area contributed by atoms with Gasteiger partial charge in [0.05, 0.1) is 12.7 Å². The Morgan fingerprint density at radius 3 is 3.08 bits per heavy atom. The van der Waals surface area contributed by atoms with Gasteiger partial charge < -0.3 is 20.4 Å². The van der Waals surface area contributed by atoms with Crippen molar-refractivity contribution in [2.24, 2.45) is 0 Å². The molecular weight excluding hydrogens is 330 g/mol. The van der Waals surface area contributed by atoms with E-state index in [0.717, 1.165) is 48.2 Å². The highest BCUT2D eigenvalue weighted by Crippen LogP contribution is 2.28. The van der Waals surface area contributed by atoms with Gasteiger partial charge in [0, 0.05) is 41.4 Å². The Hall–Kier alpha value is -2.93. The third kappa shape index (κ3) is 3.25. The number of H-pyrrole nitrogens is 1. The van der Waals surface area contributed by atoms with Crippen LogP contribution in [0.3, 0.4) is 0 Å². The first-order valence-electron chi connectivity index (χ1n) is 8.75. The summed E-state index contributed by atoms with van der Waals surface area (Å²) in [6.07, 6.45) is 5.91. The van der Waals surface area contributed by atoms with Gasteiger partial charge in [0.2, 0.25) is 0 Å². The van der Waals surface area contributed by atoms with Crippen molar-refractivity contribution in [3.05, 3.63) is 42.2 Å². The van der Waals surface area contributed by atoms with Crippen molar-refractivity contribution in [1.82, 2.24) is 20.3 Å². The van der Waals surface area contributed by atoms with Crippen molar-refractivity contribution in [2.45, 2.75) is 18.9 Å². The second-order valence-corrected chi connectivity index (χ2v) is 6.41. The maximum atomic E-state index is 11.8. The molecule has 4 rings (SSSR count). The fourth-order valence-corrected chi connectivity index (χ4v) is 3.30. The topological polar surface area (TPSA) is 91.9 Å². The quantitative estimate of drug-likeness (QED) is 0.626. The van der Waals surface area contributed by atoms with E-state index in [2.05, 4.69) is 25.6 Å². The number of nitrogens with one attached hydrogen (secondary N) is 3. The van der Waals surface area contributed by atoms with Gasteiger partial charge >= 0.3 is 5.97 Å². The number of fused-ring (bicyclic) bond motifs is 1. The highest BCUT2D eigenvalue weighted by molar-refractivity contribution is 6.00. The van der Waals surface area contributed by atoms with Crippen LogP contribution in [0.15, 0.2) is 36.7 Å². The van der Waals surface area contributed by atoms with Crippen LogP contribution in [0.25, 0.3) is 22.3 Å². The number of aromatic amines is 1. The second kappa shape index (κ2) is 7.13. The molecule has 7 nitrogen and oxygen atoms in total. The average Bonchev–Trinajstić information content (AvgIpc) is 3.11. The Morgan fingerprint density at radius 1 is 1.35 bits per heavy atom. The monoisotopic (exact) mass is 351 g/mol. The lowest BCUT2D eigenvalue weighted by Gasteiger charge is -2.24. The van der Waals surface area contributed by atoms with Gasteiger partial charge in [0.15, 0.2) is 5.82 Å². The summed E-state index contributed by atoms with van der Waals surface area (Å²) in [4.78, 5) is 24.1. The normalized spacial score (nSPS) is 17.2. The summed E-state index contributed by atoms with van der Waals surface area (Å²) in [7, 11) is 1.38. The van der Waals surface area contributed by atoms with Crippen LogP contribution in [0.2, 0.25) is 0 Å². The predicted octanol–water partition coefficient (Wildman–Crippen LogP) is 2.58. The average molecular weight is 351 g/mol. The highest BCUT2D eigenvalue weighted by atomic mass is 16.5. The number of benzene rings is 1. The fraction of sp³-hybridized carbons (Fsp3) is 0.316. The molecule has 0 aliphatic carbocycles. The number of carbonyl (C=O) groups excluding carboxylic acids is 1. The summed E-state index contributed by atoms with van der Waals surface area (Å²) in [5.74, 6) is 1.06. The summed E-state index contributed by atoms with van der Waals surface area (Å²) < 4.78 is 4.81. The van der Waals surface area contributed by atoms with Crippen LogP contribution in [0.4, 0.5) is 5.82 Å².